The van der Waals surface area contributed by atoms with E-state index < -0.39 is 5.82 Å². The van der Waals surface area contributed by atoms with Crippen LogP contribution in [0.3, 0.4) is 0 Å². The predicted octanol–water partition coefficient (Wildman–Crippen LogP) is 4.20. The number of pyridine rings is 1. The van der Waals surface area contributed by atoms with Crippen molar-refractivity contribution >= 4 is 23.2 Å². The monoisotopic (exact) mass is 315 g/mol. The predicted molar refractivity (Wildman–Crippen MR) is 76.1 cm³/mol. The van der Waals surface area contributed by atoms with Gasteiger partial charge in [-0.05, 0) is 23.8 Å². The normalized spacial score (nSPS) is 10.4. The zero-order valence-electron chi connectivity index (χ0n) is 10.7. The summed E-state index contributed by atoms with van der Waals surface area (Å²) in [7, 11) is 1.51. The minimum absolute atomic E-state index is 0.140. The first-order valence-electron chi connectivity index (χ1n) is 5.78. The Balaban J connectivity index is 2.20. The molecule has 0 amide bonds. The fourth-order valence-electron chi connectivity index (χ4n) is 1.68. The van der Waals surface area contributed by atoms with Gasteiger partial charge in [0.25, 0.3) is 0 Å². The number of methoxy groups -OCH3 is 1. The van der Waals surface area contributed by atoms with Crippen molar-refractivity contribution in [2.75, 3.05) is 7.11 Å². The Morgan fingerprint density at radius 2 is 2.00 bits per heavy atom. The largest absolute Gasteiger partial charge is 0.493 e. The van der Waals surface area contributed by atoms with Crippen LogP contribution < -0.4 is 9.47 Å². The average Bonchev–Trinajstić information content (AvgIpc) is 2.45. The molecule has 0 bridgehead atoms. The molecule has 0 saturated carbocycles. The SMILES string of the molecule is COc1cc(CCl)cc(Cl)c1OCc1cncc(F)c1. The van der Waals surface area contributed by atoms with Crippen LogP contribution in [0.2, 0.25) is 5.02 Å². The molecule has 1 aromatic heterocycles. The molecule has 3 nitrogen and oxygen atoms in total. The van der Waals surface area contributed by atoms with E-state index in [1.54, 1.807) is 12.1 Å². The third kappa shape index (κ3) is 3.52. The first-order valence-corrected chi connectivity index (χ1v) is 6.70. The van der Waals surface area contributed by atoms with Crippen LogP contribution in [0.1, 0.15) is 11.1 Å². The lowest BCUT2D eigenvalue weighted by Crippen LogP contribution is -2.00. The van der Waals surface area contributed by atoms with E-state index >= 15 is 0 Å². The van der Waals surface area contributed by atoms with Crippen molar-refractivity contribution in [3.8, 4) is 11.5 Å². The zero-order valence-corrected chi connectivity index (χ0v) is 12.2. The van der Waals surface area contributed by atoms with Crippen LogP contribution in [-0.4, -0.2) is 12.1 Å². The van der Waals surface area contributed by atoms with Gasteiger partial charge in [0.2, 0.25) is 0 Å². The standard InChI is InChI=1S/C14H12Cl2FNO2/c1-19-13-4-9(5-15)3-12(16)14(13)20-8-10-2-11(17)7-18-6-10/h2-4,6-7H,5,8H2,1H3. The molecule has 0 spiro atoms. The van der Waals surface area contributed by atoms with Gasteiger partial charge in [0.1, 0.15) is 12.4 Å². The van der Waals surface area contributed by atoms with Crippen molar-refractivity contribution in [3.63, 3.8) is 0 Å². The number of rotatable bonds is 5. The number of alkyl halides is 1. The lowest BCUT2D eigenvalue weighted by molar-refractivity contribution is 0.283. The van der Waals surface area contributed by atoms with E-state index in [1.807, 2.05) is 0 Å². The third-order valence-corrected chi connectivity index (χ3v) is 3.18. The Bertz CT molecular complexity index is 608. The molecule has 106 valence electrons. The number of ether oxygens (including phenoxy) is 2. The number of hydrogen-bond donors (Lipinski definition) is 0. The minimum atomic E-state index is -0.415. The Morgan fingerprint density at radius 3 is 2.65 bits per heavy atom. The second-order valence-corrected chi connectivity index (χ2v) is 4.72. The van der Waals surface area contributed by atoms with Crippen LogP contribution in [0.15, 0.2) is 30.6 Å². The van der Waals surface area contributed by atoms with Gasteiger partial charge >= 0.3 is 0 Å². The van der Waals surface area contributed by atoms with Gasteiger partial charge in [0.05, 0.1) is 18.3 Å². The van der Waals surface area contributed by atoms with Crippen molar-refractivity contribution in [2.45, 2.75) is 12.5 Å². The average molecular weight is 316 g/mol. The molecule has 0 saturated heterocycles. The fourth-order valence-corrected chi connectivity index (χ4v) is 2.12. The highest BCUT2D eigenvalue weighted by Gasteiger charge is 2.12. The molecule has 0 N–H and O–H groups in total. The first-order chi connectivity index (χ1) is 9.63. The van der Waals surface area contributed by atoms with Crippen molar-refractivity contribution in [2.24, 2.45) is 0 Å². The summed E-state index contributed by atoms with van der Waals surface area (Å²) in [5.74, 6) is 0.788. The second kappa shape index (κ2) is 6.77. The molecule has 0 aliphatic rings. The van der Waals surface area contributed by atoms with Gasteiger partial charge in [-0.25, -0.2) is 4.39 Å². The molecule has 0 aliphatic carbocycles. The van der Waals surface area contributed by atoms with E-state index in [1.165, 1.54) is 19.4 Å². The van der Waals surface area contributed by atoms with Crippen LogP contribution in [0.4, 0.5) is 4.39 Å². The summed E-state index contributed by atoms with van der Waals surface area (Å²) in [6.45, 7) is 0.140. The van der Waals surface area contributed by atoms with Crippen LogP contribution in [0, 0.1) is 5.82 Å². The molecule has 0 atom stereocenters. The Morgan fingerprint density at radius 1 is 1.20 bits per heavy atom. The molecule has 1 heterocycles. The van der Waals surface area contributed by atoms with Crippen molar-refractivity contribution < 1.29 is 13.9 Å². The van der Waals surface area contributed by atoms with Crippen LogP contribution in [0.5, 0.6) is 11.5 Å². The lowest BCUT2D eigenvalue weighted by Gasteiger charge is -2.13. The fraction of sp³-hybridized carbons (Fsp3) is 0.214. The van der Waals surface area contributed by atoms with Crippen molar-refractivity contribution in [1.29, 1.82) is 0 Å². The molecule has 0 fully saturated rings. The summed E-state index contributed by atoms with van der Waals surface area (Å²) >= 11 is 11.9. The third-order valence-electron chi connectivity index (χ3n) is 2.59. The smallest absolute Gasteiger partial charge is 0.180 e. The van der Waals surface area contributed by atoms with Crippen LogP contribution in [0.25, 0.3) is 0 Å². The highest BCUT2D eigenvalue weighted by atomic mass is 35.5. The maximum atomic E-state index is 13.0. The van der Waals surface area contributed by atoms with Gasteiger partial charge in [-0.15, -0.1) is 11.6 Å². The summed E-state index contributed by atoms with van der Waals surface area (Å²) in [5.41, 5.74) is 1.43. The summed E-state index contributed by atoms with van der Waals surface area (Å²) < 4.78 is 23.8. The van der Waals surface area contributed by atoms with E-state index in [0.29, 0.717) is 28.0 Å². The van der Waals surface area contributed by atoms with Crippen LogP contribution in [-0.2, 0) is 12.5 Å². The maximum absolute atomic E-state index is 13.0. The minimum Gasteiger partial charge on any atom is -0.493 e. The maximum Gasteiger partial charge on any atom is 0.180 e. The highest BCUT2D eigenvalue weighted by molar-refractivity contribution is 6.32. The number of hydrogen-bond acceptors (Lipinski definition) is 3. The molecule has 20 heavy (non-hydrogen) atoms. The van der Waals surface area contributed by atoms with Crippen molar-refractivity contribution in [1.82, 2.24) is 4.98 Å². The molecular formula is C14H12Cl2FNO2. The number of nitrogens with zero attached hydrogens (tertiary/aromatic N) is 1. The molecule has 6 heteroatoms. The topological polar surface area (TPSA) is 31.4 Å². The summed E-state index contributed by atoms with van der Waals surface area (Å²) in [6, 6.07) is 4.80. The van der Waals surface area contributed by atoms with E-state index in [4.69, 9.17) is 32.7 Å². The van der Waals surface area contributed by atoms with Gasteiger partial charge in [0.15, 0.2) is 11.5 Å². The Kier molecular flexibility index (Phi) is 5.04. The van der Waals surface area contributed by atoms with Gasteiger partial charge in [0, 0.05) is 17.6 Å². The Hall–Kier alpha value is -1.52. The lowest BCUT2D eigenvalue weighted by atomic mass is 10.2. The second-order valence-electron chi connectivity index (χ2n) is 4.04. The number of halogens is 3. The molecule has 2 aromatic rings. The highest BCUT2D eigenvalue weighted by Crippen LogP contribution is 2.37. The first kappa shape index (κ1) is 14.9. The van der Waals surface area contributed by atoms with E-state index in [0.717, 1.165) is 11.8 Å². The van der Waals surface area contributed by atoms with Crippen molar-refractivity contribution in [3.05, 3.63) is 52.6 Å². The summed E-state index contributed by atoms with van der Waals surface area (Å²) in [4.78, 5) is 3.75. The zero-order chi connectivity index (χ0) is 14.5. The quantitative estimate of drug-likeness (QED) is 0.775. The van der Waals surface area contributed by atoms with E-state index in [-0.39, 0.29) is 6.61 Å². The van der Waals surface area contributed by atoms with E-state index in [9.17, 15) is 4.39 Å². The molecule has 0 aliphatic heterocycles. The molecule has 1 aromatic carbocycles. The summed E-state index contributed by atoms with van der Waals surface area (Å²) in [5, 5.41) is 0.393. The number of aromatic nitrogens is 1. The van der Waals surface area contributed by atoms with Gasteiger partial charge in [-0.1, -0.05) is 11.6 Å². The van der Waals surface area contributed by atoms with Gasteiger partial charge in [-0.3, -0.25) is 4.98 Å². The molecule has 0 radical (unpaired) electrons. The Labute approximate surface area is 126 Å². The van der Waals surface area contributed by atoms with Gasteiger partial charge in [-0.2, -0.15) is 0 Å². The number of benzene rings is 1. The van der Waals surface area contributed by atoms with Gasteiger partial charge < -0.3 is 9.47 Å². The van der Waals surface area contributed by atoms with E-state index in [2.05, 4.69) is 4.98 Å². The molecule has 2 rings (SSSR count). The molecular weight excluding hydrogens is 304 g/mol. The molecule has 0 unspecified atom stereocenters. The van der Waals surface area contributed by atoms with Crippen LogP contribution >= 0.6 is 23.2 Å². The summed E-state index contributed by atoms with van der Waals surface area (Å²) in [6.07, 6.45) is 2.66.